The average Bonchev–Trinajstić information content (AvgIpc) is 2.48. The van der Waals surface area contributed by atoms with Gasteiger partial charge in [-0.05, 0) is 30.5 Å². The molecule has 0 fully saturated rings. The van der Waals surface area contributed by atoms with Crippen LogP contribution in [0.4, 0.5) is 0 Å². The van der Waals surface area contributed by atoms with Crippen molar-refractivity contribution in [1.82, 2.24) is 5.32 Å². The van der Waals surface area contributed by atoms with Gasteiger partial charge in [-0.3, -0.25) is 0 Å². The molecule has 0 aliphatic rings. The lowest BCUT2D eigenvalue weighted by atomic mass is 10.1. The molecule has 1 aromatic rings. The highest BCUT2D eigenvalue weighted by Crippen LogP contribution is 2.10. The number of hydrogen-bond acceptors (Lipinski definition) is 3. The lowest BCUT2D eigenvalue weighted by Crippen LogP contribution is -2.15. The molecule has 0 aromatic heterocycles. The molecule has 0 saturated heterocycles. The summed E-state index contributed by atoms with van der Waals surface area (Å²) < 4.78 is 11.2. The third-order valence-corrected chi connectivity index (χ3v) is 3.13. The van der Waals surface area contributed by atoms with E-state index in [-0.39, 0.29) is 0 Å². The molecule has 0 saturated carbocycles. The number of hydrogen-bond donors (Lipinski definition) is 1. The molecule has 20 heavy (non-hydrogen) atoms. The van der Waals surface area contributed by atoms with Gasteiger partial charge in [0.2, 0.25) is 0 Å². The van der Waals surface area contributed by atoms with Gasteiger partial charge < -0.3 is 14.8 Å². The van der Waals surface area contributed by atoms with Gasteiger partial charge in [0.15, 0.2) is 0 Å². The summed E-state index contributed by atoms with van der Waals surface area (Å²) in [6.07, 6.45) is 3.47. The summed E-state index contributed by atoms with van der Waals surface area (Å²) in [5.74, 6) is 0. The molecule has 0 aliphatic carbocycles. The van der Waals surface area contributed by atoms with Crippen LogP contribution in [-0.4, -0.2) is 26.4 Å². The first-order chi connectivity index (χ1) is 9.88. The van der Waals surface area contributed by atoms with Crippen LogP contribution in [0.15, 0.2) is 24.3 Å². The maximum absolute atomic E-state index is 5.69. The van der Waals surface area contributed by atoms with Crippen LogP contribution in [0.1, 0.15) is 44.2 Å². The van der Waals surface area contributed by atoms with Crippen LogP contribution < -0.4 is 5.32 Å². The summed E-state index contributed by atoms with van der Waals surface area (Å²) in [6, 6.07) is 8.46. The molecule has 0 atom stereocenters. The van der Waals surface area contributed by atoms with E-state index in [0.717, 1.165) is 32.5 Å². The topological polar surface area (TPSA) is 30.5 Å². The number of unbranched alkanes of at least 4 members (excludes halogenated alkanes) is 1. The van der Waals surface area contributed by atoms with E-state index in [1.807, 2.05) is 0 Å². The predicted octanol–water partition coefficient (Wildman–Crippen LogP) is 3.52. The second-order valence-corrected chi connectivity index (χ2v) is 4.96. The fourth-order valence-corrected chi connectivity index (χ4v) is 1.92. The molecule has 0 unspecified atom stereocenters. The van der Waals surface area contributed by atoms with E-state index in [0.29, 0.717) is 19.8 Å². The second kappa shape index (κ2) is 11.9. The van der Waals surface area contributed by atoms with Crippen LogP contribution in [0.25, 0.3) is 0 Å². The van der Waals surface area contributed by atoms with Crippen molar-refractivity contribution < 1.29 is 9.47 Å². The van der Waals surface area contributed by atoms with Gasteiger partial charge in [0, 0.05) is 13.2 Å². The van der Waals surface area contributed by atoms with E-state index in [2.05, 4.69) is 43.4 Å². The maximum Gasteiger partial charge on any atom is 0.0721 e. The molecule has 1 aromatic carbocycles. The molecule has 0 radical (unpaired) electrons. The Morgan fingerprint density at radius 2 is 1.65 bits per heavy atom. The smallest absolute Gasteiger partial charge is 0.0721 e. The van der Waals surface area contributed by atoms with Gasteiger partial charge >= 0.3 is 0 Å². The van der Waals surface area contributed by atoms with Crippen molar-refractivity contribution in [3.8, 4) is 0 Å². The lowest BCUT2D eigenvalue weighted by molar-refractivity contribution is 0.0394. The minimum Gasteiger partial charge on any atom is -0.379 e. The zero-order valence-corrected chi connectivity index (χ0v) is 13.0. The van der Waals surface area contributed by atoms with Crippen molar-refractivity contribution in [2.45, 2.75) is 46.3 Å². The lowest BCUT2D eigenvalue weighted by Gasteiger charge is -2.11. The third-order valence-electron chi connectivity index (χ3n) is 3.13. The standard InChI is InChI=1S/C17H29NO2/c1-3-5-11-19-12-13-20-15-17-9-7-6-8-16(17)14-18-10-4-2/h6-9,18H,3-5,10-15H2,1-2H3. The Hall–Kier alpha value is -0.900. The molecular weight excluding hydrogens is 250 g/mol. The molecular formula is C17H29NO2. The van der Waals surface area contributed by atoms with Crippen LogP contribution >= 0.6 is 0 Å². The monoisotopic (exact) mass is 279 g/mol. The molecule has 0 heterocycles. The molecule has 3 nitrogen and oxygen atoms in total. The first kappa shape index (κ1) is 17.2. The molecule has 0 amide bonds. The third kappa shape index (κ3) is 7.63. The molecule has 0 spiro atoms. The van der Waals surface area contributed by atoms with Crippen LogP contribution in [0.2, 0.25) is 0 Å². The number of rotatable bonds is 12. The SMILES string of the molecule is CCCCOCCOCc1ccccc1CNCCC. The van der Waals surface area contributed by atoms with E-state index in [4.69, 9.17) is 9.47 Å². The highest BCUT2D eigenvalue weighted by molar-refractivity contribution is 5.26. The van der Waals surface area contributed by atoms with Gasteiger partial charge in [0.25, 0.3) is 0 Å². The summed E-state index contributed by atoms with van der Waals surface area (Å²) in [5, 5.41) is 3.44. The highest BCUT2D eigenvalue weighted by Gasteiger charge is 2.01. The Kier molecular flexibility index (Phi) is 10.2. The first-order valence-electron chi connectivity index (χ1n) is 7.81. The first-order valence-corrected chi connectivity index (χ1v) is 7.81. The fourth-order valence-electron chi connectivity index (χ4n) is 1.92. The Morgan fingerprint density at radius 3 is 2.40 bits per heavy atom. The highest BCUT2D eigenvalue weighted by atomic mass is 16.5. The molecule has 1 rings (SSSR count). The van der Waals surface area contributed by atoms with Gasteiger partial charge in [0.1, 0.15) is 0 Å². The Balaban J connectivity index is 2.21. The second-order valence-electron chi connectivity index (χ2n) is 4.96. The molecule has 0 aliphatic heterocycles. The van der Waals surface area contributed by atoms with Crippen LogP contribution in [0.3, 0.4) is 0 Å². The van der Waals surface area contributed by atoms with Gasteiger partial charge in [-0.25, -0.2) is 0 Å². The van der Waals surface area contributed by atoms with Gasteiger partial charge in [-0.1, -0.05) is 44.5 Å². The number of benzene rings is 1. The van der Waals surface area contributed by atoms with Crippen molar-refractivity contribution >= 4 is 0 Å². The van der Waals surface area contributed by atoms with Crippen LogP contribution in [-0.2, 0) is 22.6 Å². The van der Waals surface area contributed by atoms with Gasteiger partial charge in [-0.2, -0.15) is 0 Å². The molecule has 0 bridgehead atoms. The summed E-state index contributed by atoms with van der Waals surface area (Å²) in [6.45, 7) is 9.19. The Labute approximate surface area is 123 Å². The fraction of sp³-hybridized carbons (Fsp3) is 0.647. The van der Waals surface area contributed by atoms with E-state index in [1.54, 1.807) is 0 Å². The largest absolute Gasteiger partial charge is 0.379 e. The minimum absolute atomic E-state index is 0.667. The van der Waals surface area contributed by atoms with E-state index < -0.39 is 0 Å². The Morgan fingerprint density at radius 1 is 0.900 bits per heavy atom. The zero-order chi connectivity index (χ0) is 14.5. The molecule has 114 valence electrons. The summed E-state index contributed by atoms with van der Waals surface area (Å²) >= 11 is 0. The Bertz CT molecular complexity index is 342. The van der Waals surface area contributed by atoms with Crippen molar-refractivity contribution in [1.29, 1.82) is 0 Å². The zero-order valence-electron chi connectivity index (χ0n) is 13.0. The molecule has 3 heteroatoms. The summed E-state index contributed by atoms with van der Waals surface area (Å²) in [7, 11) is 0. The normalized spacial score (nSPS) is 10.9. The minimum atomic E-state index is 0.667. The summed E-state index contributed by atoms with van der Waals surface area (Å²) in [5.41, 5.74) is 2.59. The van der Waals surface area contributed by atoms with Gasteiger partial charge in [-0.15, -0.1) is 0 Å². The van der Waals surface area contributed by atoms with Crippen molar-refractivity contribution in [2.24, 2.45) is 0 Å². The predicted molar refractivity (Wildman–Crippen MR) is 83.8 cm³/mol. The average molecular weight is 279 g/mol. The molecule has 1 N–H and O–H groups in total. The maximum atomic E-state index is 5.69. The van der Waals surface area contributed by atoms with Crippen LogP contribution in [0, 0.1) is 0 Å². The van der Waals surface area contributed by atoms with Crippen molar-refractivity contribution in [2.75, 3.05) is 26.4 Å². The van der Waals surface area contributed by atoms with Crippen molar-refractivity contribution in [3.63, 3.8) is 0 Å². The van der Waals surface area contributed by atoms with Gasteiger partial charge in [0.05, 0.1) is 19.8 Å². The van der Waals surface area contributed by atoms with E-state index in [9.17, 15) is 0 Å². The summed E-state index contributed by atoms with van der Waals surface area (Å²) in [4.78, 5) is 0. The van der Waals surface area contributed by atoms with Crippen LogP contribution in [0.5, 0.6) is 0 Å². The number of nitrogens with one attached hydrogen (secondary N) is 1. The number of ether oxygens (including phenoxy) is 2. The van der Waals surface area contributed by atoms with E-state index >= 15 is 0 Å². The van der Waals surface area contributed by atoms with E-state index in [1.165, 1.54) is 17.5 Å². The van der Waals surface area contributed by atoms with Crippen molar-refractivity contribution in [3.05, 3.63) is 35.4 Å². The quantitative estimate of drug-likeness (QED) is 0.594.